The zero-order valence-electron chi connectivity index (χ0n) is 12.8. The molecule has 3 aromatic heterocycles. The van der Waals surface area contributed by atoms with Gasteiger partial charge in [0.1, 0.15) is 0 Å². The summed E-state index contributed by atoms with van der Waals surface area (Å²) in [5.41, 5.74) is 2.00. The molecule has 23 heavy (non-hydrogen) atoms. The van der Waals surface area contributed by atoms with Crippen LogP contribution in [-0.4, -0.2) is 38.5 Å². The van der Waals surface area contributed by atoms with Crippen molar-refractivity contribution in [3.05, 3.63) is 52.6 Å². The summed E-state index contributed by atoms with van der Waals surface area (Å²) in [5.74, 6) is 0.672. The topological polar surface area (TPSA) is 50.5 Å². The maximum absolute atomic E-state index is 12.4. The van der Waals surface area contributed by atoms with Gasteiger partial charge in [0.15, 0.2) is 5.65 Å². The van der Waals surface area contributed by atoms with Crippen LogP contribution < -0.4 is 0 Å². The van der Waals surface area contributed by atoms with Crippen LogP contribution in [0.5, 0.6) is 0 Å². The van der Waals surface area contributed by atoms with Gasteiger partial charge in [-0.05, 0) is 30.4 Å². The second-order valence-corrected chi connectivity index (χ2v) is 6.93. The summed E-state index contributed by atoms with van der Waals surface area (Å²) < 4.78 is 1.78. The minimum Gasteiger partial charge on any atom is -0.342 e. The molecule has 1 saturated heterocycles. The molecule has 0 N–H and O–H groups in total. The molecule has 0 unspecified atom stereocenters. The summed E-state index contributed by atoms with van der Waals surface area (Å²) in [7, 11) is 0. The van der Waals surface area contributed by atoms with Gasteiger partial charge < -0.3 is 4.90 Å². The van der Waals surface area contributed by atoms with Crippen molar-refractivity contribution in [1.82, 2.24) is 19.5 Å². The number of piperidine rings is 1. The first kappa shape index (κ1) is 14.4. The maximum atomic E-state index is 12.4. The zero-order chi connectivity index (χ0) is 15.6. The summed E-state index contributed by atoms with van der Waals surface area (Å²) in [4.78, 5) is 20.2. The lowest BCUT2D eigenvalue weighted by atomic mass is 9.93. The third-order valence-electron chi connectivity index (χ3n) is 4.45. The van der Waals surface area contributed by atoms with E-state index in [-0.39, 0.29) is 5.91 Å². The molecule has 0 saturated carbocycles. The van der Waals surface area contributed by atoms with E-state index in [9.17, 15) is 4.79 Å². The van der Waals surface area contributed by atoms with Gasteiger partial charge in [-0.25, -0.2) is 9.50 Å². The Kier molecular flexibility index (Phi) is 3.83. The molecule has 1 aliphatic heterocycles. The molecule has 1 aliphatic rings. The minimum absolute atomic E-state index is 0.241. The molecule has 0 radical (unpaired) electrons. The van der Waals surface area contributed by atoms with Gasteiger partial charge in [0.05, 0.1) is 12.6 Å². The molecule has 5 nitrogen and oxygen atoms in total. The molecule has 1 fully saturated rings. The lowest BCUT2D eigenvalue weighted by Gasteiger charge is -2.31. The number of fused-ring (bicyclic) bond motifs is 1. The van der Waals surface area contributed by atoms with Crippen LogP contribution in [0.4, 0.5) is 0 Å². The van der Waals surface area contributed by atoms with E-state index in [4.69, 9.17) is 0 Å². The Balaban J connectivity index is 1.39. The van der Waals surface area contributed by atoms with E-state index in [1.54, 1.807) is 22.0 Å². The summed E-state index contributed by atoms with van der Waals surface area (Å²) in [6.45, 7) is 1.64. The van der Waals surface area contributed by atoms with Crippen molar-refractivity contribution in [2.75, 3.05) is 13.1 Å². The fourth-order valence-electron chi connectivity index (χ4n) is 3.15. The van der Waals surface area contributed by atoms with Gasteiger partial charge in [0, 0.05) is 41.8 Å². The number of carbonyl (C=O) groups is 1. The van der Waals surface area contributed by atoms with Crippen LogP contribution in [0.15, 0.2) is 42.0 Å². The highest BCUT2D eigenvalue weighted by atomic mass is 32.1. The average Bonchev–Trinajstić information content (AvgIpc) is 3.25. The quantitative estimate of drug-likeness (QED) is 0.743. The lowest BCUT2D eigenvalue weighted by molar-refractivity contribution is -0.131. The third-order valence-corrected chi connectivity index (χ3v) is 5.33. The molecule has 118 valence electrons. The Morgan fingerprint density at radius 1 is 1.26 bits per heavy atom. The average molecular weight is 326 g/mol. The Morgan fingerprint density at radius 3 is 2.91 bits per heavy atom. The van der Waals surface area contributed by atoms with Crippen LogP contribution >= 0.6 is 11.3 Å². The van der Waals surface area contributed by atoms with Crippen LogP contribution in [-0.2, 0) is 11.2 Å². The Labute approximate surface area is 138 Å². The summed E-state index contributed by atoms with van der Waals surface area (Å²) in [5, 5.41) is 6.20. The highest BCUT2D eigenvalue weighted by molar-refractivity contribution is 7.10. The Hall–Kier alpha value is -2.21. The van der Waals surface area contributed by atoms with E-state index in [1.165, 1.54) is 0 Å². The summed E-state index contributed by atoms with van der Waals surface area (Å²) >= 11 is 1.65. The van der Waals surface area contributed by atoms with Crippen molar-refractivity contribution in [3.63, 3.8) is 0 Å². The smallest absolute Gasteiger partial charge is 0.227 e. The predicted molar refractivity (Wildman–Crippen MR) is 89.6 cm³/mol. The van der Waals surface area contributed by atoms with Crippen molar-refractivity contribution in [2.24, 2.45) is 0 Å². The normalized spacial score (nSPS) is 16.1. The van der Waals surface area contributed by atoms with E-state index in [0.717, 1.165) is 42.1 Å². The van der Waals surface area contributed by atoms with Crippen molar-refractivity contribution in [2.45, 2.75) is 25.2 Å². The number of hydrogen-bond acceptors (Lipinski definition) is 4. The first-order valence-electron chi connectivity index (χ1n) is 7.90. The second-order valence-electron chi connectivity index (χ2n) is 5.90. The molecule has 0 spiro atoms. The van der Waals surface area contributed by atoms with Gasteiger partial charge >= 0.3 is 0 Å². The van der Waals surface area contributed by atoms with E-state index in [1.807, 2.05) is 40.7 Å². The molecule has 6 heteroatoms. The number of likely N-dealkylation sites (tertiary alicyclic amines) is 1. The maximum Gasteiger partial charge on any atom is 0.227 e. The number of carbonyl (C=O) groups excluding carboxylic acids is 1. The minimum atomic E-state index is 0.241. The van der Waals surface area contributed by atoms with Gasteiger partial charge in [-0.2, -0.15) is 5.10 Å². The van der Waals surface area contributed by atoms with Crippen LogP contribution in [0.2, 0.25) is 0 Å². The number of thiophene rings is 1. The second kappa shape index (κ2) is 6.12. The summed E-state index contributed by atoms with van der Waals surface area (Å²) in [6, 6.07) is 7.99. The largest absolute Gasteiger partial charge is 0.342 e. The number of amides is 1. The summed E-state index contributed by atoms with van der Waals surface area (Å²) in [6.07, 6.45) is 6.22. The Morgan fingerprint density at radius 2 is 2.13 bits per heavy atom. The van der Waals surface area contributed by atoms with Crippen molar-refractivity contribution >= 4 is 22.9 Å². The molecule has 0 aromatic carbocycles. The molecule has 0 atom stereocenters. The predicted octanol–water partition coefficient (Wildman–Crippen LogP) is 2.74. The van der Waals surface area contributed by atoms with Crippen molar-refractivity contribution in [1.29, 1.82) is 0 Å². The van der Waals surface area contributed by atoms with Gasteiger partial charge in [-0.1, -0.05) is 6.07 Å². The van der Waals surface area contributed by atoms with Crippen molar-refractivity contribution in [3.8, 4) is 0 Å². The molecule has 3 aromatic rings. The van der Waals surface area contributed by atoms with E-state index < -0.39 is 0 Å². The van der Waals surface area contributed by atoms with E-state index in [0.29, 0.717) is 12.3 Å². The van der Waals surface area contributed by atoms with E-state index >= 15 is 0 Å². The molecule has 0 aliphatic carbocycles. The van der Waals surface area contributed by atoms with Crippen LogP contribution in [0.1, 0.15) is 29.3 Å². The standard InChI is InChI=1S/C17H18N4OS/c22-17(12-14-2-1-11-23-14)20-8-4-13(5-9-20)15-6-10-21-16(19-15)3-7-18-21/h1-3,6-7,10-11,13H,4-5,8-9,12H2. The van der Waals surface area contributed by atoms with Gasteiger partial charge in [0.25, 0.3) is 0 Å². The fourth-order valence-corrected chi connectivity index (χ4v) is 3.85. The zero-order valence-corrected chi connectivity index (χ0v) is 13.6. The highest BCUT2D eigenvalue weighted by Gasteiger charge is 2.25. The monoisotopic (exact) mass is 326 g/mol. The van der Waals surface area contributed by atoms with Crippen molar-refractivity contribution < 1.29 is 4.79 Å². The SMILES string of the molecule is O=C(Cc1cccs1)N1CCC(c2ccn3nccc3n2)CC1. The first-order chi connectivity index (χ1) is 11.3. The fraction of sp³-hybridized carbons (Fsp3) is 0.353. The van der Waals surface area contributed by atoms with Gasteiger partial charge in [0.2, 0.25) is 5.91 Å². The number of nitrogens with zero attached hydrogens (tertiary/aromatic N) is 4. The number of hydrogen-bond donors (Lipinski definition) is 0. The number of aromatic nitrogens is 3. The Bertz CT molecular complexity index is 803. The van der Waals surface area contributed by atoms with Crippen LogP contribution in [0.25, 0.3) is 5.65 Å². The molecular formula is C17H18N4OS. The van der Waals surface area contributed by atoms with Crippen LogP contribution in [0.3, 0.4) is 0 Å². The van der Waals surface area contributed by atoms with Gasteiger partial charge in [-0.15, -0.1) is 11.3 Å². The molecule has 4 heterocycles. The number of rotatable bonds is 3. The molecule has 4 rings (SSSR count). The van der Waals surface area contributed by atoms with Crippen LogP contribution in [0, 0.1) is 0 Å². The molecule has 1 amide bonds. The van der Waals surface area contributed by atoms with E-state index in [2.05, 4.69) is 10.1 Å². The lowest BCUT2D eigenvalue weighted by Crippen LogP contribution is -2.38. The molecule has 0 bridgehead atoms. The first-order valence-corrected chi connectivity index (χ1v) is 8.78. The van der Waals surface area contributed by atoms with Gasteiger partial charge in [-0.3, -0.25) is 4.79 Å². The molecular weight excluding hydrogens is 308 g/mol. The third kappa shape index (κ3) is 2.99. The highest BCUT2D eigenvalue weighted by Crippen LogP contribution is 2.27.